The van der Waals surface area contributed by atoms with Crippen LogP contribution in [-0.4, -0.2) is 25.2 Å². The van der Waals surface area contributed by atoms with E-state index in [1.54, 1.807) is 30.1 Å². The molecule has 20 heavy (non-hydrogen) atoms. The second-order valence-electron chi connectivity index (χ2n) is 4.02. The fourth-order valence-corrected chi connectivity index (χ4v) is 2.43. The van der Waals surface area contributed by atoms with Crippen LogP contribution >= 0.6 is 23.4 Å². The van der Waals surface area contributed by atoms with Crippen LogP contribution in [0.3, 0.4) is 0 Å². The van der Waals surface area contributed by atoms with Crippen LogP contribution in [0.15, 0.2) is 40.1 Å². The van der Waals surface area contributed by atoms with E-state index in [4.69, 9.17) is 16.0 Å². The van der Waals surface area contributed by atoms with Crippen molar-refractivity contribution in [2.24, 2.45) is 7.05 Å². The number of halogens is 1. The van der Waals surface area contributed by atoms with Gasteiger partial charge in [-0.2, -0.15) is 0 Å². The number of nitrogens with zero attached hydrogens (tertiary/aromatic N) is 5. The lowest BCUT2D eigenvalue weighted by Gasteiger charge is -1.96. The molecule has 0 spiro atoms. The zero-order valence-electron chi connectivity index (χ0n) is 10.5. The molecule has 0 aliphatic heterocycles. The van der Waals surface area contributed by atoms with Crippen LogP contribution in [0.25, 0.3) is 11.5 Å². The maximum absolute atomic E-state index is 5.85. The van der Waals surface area contributed by atoms with E-state index in [9.17, 15) is 0 Å². The van der Waals surface area contributed by atoms with Crippen molar-refractivity contribution in [3.05, 3.63) is 41.2 Å². The van der Waals surface area contributed by atoms with Gasteiger partial charge in [-0.15, -0.1) is 5.10 Å². The quantitative estimate of drug-likeness (QED) is 0.690. The van der Waals surface area contributed by atoms with Gasteiger partial charge >= 0.3 is 0 Å². The van der Waals surface area contributed by atoms with Gasteiger partial charge in [0, 0.05) is 23.4 Å². The third kappa shape index (κ3) is 2.83. The summed E-state index contributed by atoms with van der Waals surface area (Å²) in [5, 5.41) is 12.7. The maximum atomic E-state index is 5.85. The molecular weight excluding hydrogens is 298 g/mol. The summed E-state index contributed by atoms with van der Waals surface area (Å²) < 4.78 is 7.08. The van der Waals surface area contributed by atoms with Crippen molar-refractivity contribution in [2.45, 2.75) is 10.9 Å². The smallest absolute Gasteiger partial charge is 0.226 e. The first kappa shape index (κ1) is 13.1. The molecule has 0 saturated heterocycles. The van der Waals surface area contributed by atoms with E-state index in [0.717, 1.165) is 16.4 Å². The molecule has 2 aromatic heterocycles. The van der Waals surface area contributed by atoms with E-state index < -0.39 is 0 Å². The normalized spacial score (nSPS) is 10.9. The molecule has 3 aromatic rings. The van der Waals surface area contributed by atoms with Gasteiger partial charge in [0.25, 0.3) is 0 Å². The number of aryl methyl sites for hydroxylation is 1. The van der Waals surface area contributed by atoms with Gasteiger partial charge in [0.2, 0.25) is 11.0 Å². The Kier molecular flexibility index (Phi) is 3.70. The topological polar surface area (TPSA) is 69.6 Å². The molecule has 1 aromatic carbocycles. The van der Waals surface area contributed by atoms with Crippen molar-refractivity contribution in [3.63, 3.8) is 0 Å². The Balaban J connectivity index is 1.71. The van der Waals surface area contributed by atoms with Crippen molar-refractivity contribution in [1.29, 1.82) is 0 Å². The highest BCUT2D eigenvalue weighted by atomic mass is 35.5. The summed E-state index contributed by atoms with van der Waals surface area (Å²) in [7, 11) is 1.80. The van der Waals surface area contributed by atoms with E-state index in [1.807, 2.05) is 12.1 Å². The minimum Gasteiger partial charge on any atom is -0.444 e. The Morgan fingerprint density at radius 3 is 2.80 bits per heavy atom. The number of benzene rings is 1. The van der Waals surface area contributed by atoms with Crippen molar-refractivity contribution < 1.29 is 4.42 Å². The van der Waals surface area contributed by atoms with Gasteiger partial charge in [-0.05, 0) is 34.7 Å². The molecular formula is C12H10ClN5OS. The summed E-state index contributed by atoms with van der Waals surface area (Å²) in [5.74, 6) is 1.22. The Bertz CT molecular complexity index is 709. The van der Waals surface area contributed by atoms with Crippen LogP contribution in [-0.2, 0) is 12.8 Å². The van der Waals surface area contributed by atoms with Crippen molar-refractivity contribution in [3.8, 4) is 11.5 Å². The zero-order chi connectivity index (χ0) is 13.9. The lowest BCUT2D eigenvalue weighted by Crippen LogP contribution is -1.93. The Morgan fingerprint density at radius 2 is 2.10 bits per heavy atom. The molecule has 8 heteroatoms. The Labute approximate surface area is 124 Å². The highest BCUT2D eigenvalue weighted by molar-refractivity contribution is 7.98. The van der Waals surface area contributed by atoms with Gasteiger partial charge in [-0.1, -0.05) is 23.4 Å². The second-order valence-corrected chi connectivity index (χ2v) is 5.40. The first-order valence-corrected chi connectivity index (χ1v) is 7.14. The van der Waals surface area contributed by atoms with Crippen LogP contribution in [0.5, 0.6) is 0 Å². The predicted octanol–water partition coefficient (Wildman–Crippen LogP) is 2.81. The zero-order valence-corrected chi connectivity index (χ0v) is 12.1. The molecule has 0 amide bonds. The number of thioether (sulfide) groups is 1. The number of hydrogen-bond acceptors (Lipinski definition) is 6. The summed E-state index contributed by atoms with van der Waals surface area (Å²) in [6.07, 6.45) is 1.64. The molecule has 0 saturated carbocycles. The summed E-state index contributed by atoms with van der Waals surface area (Å²) in [6, 6.07) is 7.36. The number of oxazole rings is 1. The minimum atomic E-state index is 0.577. The number of rotatable bonds is 4. The predicted molar refractivity (Wildman–Crippen MR) is 75.3 cm³/mol. The van der Waals surface area contributed by atoms with Crippen LogP contribution in [0.4, 0.5) is 0 Å². The summed E-state index contributed by atoms with van der Waals surface area (Å²) >= 11 is 7.35. The van der Waals surface area contributed by atoms with Gasteiger partial charge in [0.05, 0.1) is 5.69 Å². The van der Waals surface area contributed by atoms with Crippen LogP contribution in [0.2, 0.25) is 5.02 Å². The highest BCUT2D eigenvalue weighted by Crippen LogP contribution is 2.24. The summed E-state index contributed by atoms with van der Waals surface area (Å²) in [6.45, 7) is 0. The van der Waals surface area contributed by atoms with Crippen molar-refractivity contribution >= 4 is 23.4 Å². The van der Waals surface area contributed by atoms with Crippen molar-refractivity contribution in [1.82, 2.24) is 25.2 Å². The molecule has 0 radical (unpaired) electrons. The molecule has 0 aliphatic rings. The average molecular weight is 308 g/mol. The SMILES string of the molecule is Cn1nnnc1SCc1coc(-c2ccc(Cl)cc2)n1. The first-order chi connectivity index (χ1) is 9.72. The number of aromatic nitrogens is 5. The molecule has 102 valence electrons. The third-order valence-corrected chi connectivity index (χ3v) is 3.87. The monoisotopic (exact) mass is 307 g/mol. The summed E-state index contributed by atoms with van der Waals surface area (Å²) in [4.78, 5) is 4.43. The van der Waals surface area contributed by atoms with Crippen LogP contribution < -0.4 is 0 Å². The molecule has 0 fully saturated rings. The molecule has 2 heterocycles. The number of tetrazole rings is 1. The van der Waals surface area contributed by atoms with E-state index in [1.165, 1.54) is 11.8 Å². The van der Waals surface area contributed by atoms with E-state index in [-0.39, 0.29) is 0 Å². The van der Waals surface area contributed by atoms with Gasteiger partial charge in [-0.25, -0.2) is 9.67 Å². The van der Waals surface area contributed by atoms with Gasteiger partial charge in [-0.3, -0.25) is 0 Å². The molecule has 6 nitrogen and oxygen atoms in total. The van der Waals surface area contributed by atoms with E-state index in [2.05, 4.69) is 20.5 Å². The number of hydrogen-bond donors (Lipinski definition) is 0. The summed E-state index contributed by atoms with van der Waals surface area (Å²) in [5.41, 5.74) is 1.73. The van der Waals surface area contributed by atoms with Gasteiger partial charge in [0.1, 0.15) is 6.26 Å². The Hall–Kier alpha value is -1.86. The molecule has 0 aliphatic carbocycles. The lowest BCUT2D eigenvalue weighted by molar-refractivity contribution is 0.573. The van der Waals surface area contributed by atoms with E-state index >= 15 is 0 Å². The van der Waals surface area contributed by atoms with Crippen LogP contribution in [0.1, 0.15) is 5.69 Å². The van der Waals surface area contributed by atoms with Crippen LogP contribution in [0, 0.1) is 0 Å². The van der Waals surface area contributed by atoms with E-state index in [0.29, 0.717) is 16.7 Å². The largest absolute Gasteiger partial charge is 0.444 e. The standard InChI is InChI=1S/C12H10ClN5OS/c1-18-12(15-16-17-18)20-7-10-6-19-11(14-10)8-2-4-9(13)5-3-8/h2-6H,7H2,1H3. The first-order valence-electron chi connectivity index (χ1n) is 5.78. The second kappa shape index (κ2) is 5.64. The van der Waals surface area contributed by atoms with Gasteiger partial charge < -0.3 is 4.42 Å². The third-order valence-electron chi connectivity index (χ3n) is 2.57. The van der Waals surface area contributed by atoms with Gasteiger partial charge in [0.15, 0.2) is 0 Å². The fraction of sp³-hybridized carbons (Fsp3) is 0.167. The molecule has 0 N–H and O–H groups in total. The fourth-order valence-electron chi connectivity index (χ4n) is 1.58. The molecule has 0 atom stereocenters. The average Bonchev–Trinajstić information content (AvgIpc) is 3.06. The molecule has 0 unspecified atom stereocenters. The lowest BCUT2D eigenvalue weighted by atomic mass is 10.2. The maximum Gasteiger partial charge on any atom is 0.226 e. The minimum absolute atomic E-state index is 0.577. The molecule has 3 rings (SSSR count). The Morgan fingerprint density at radius 1 is 1.30 bits per heavy atom. The molecule has 0 bridgehead atoms. The van der Waals surface area contributed by atoms with Crippen molar-refractivity contribution in [2.75, 3.05) is 0 Å². The highest BCUT2D eigenvalue weighted by Gasteiger charge is 2.09.